The van der Waals surface area contributed by atoms with Crippen LogP contribution < -0.4 is 0 Å². The molecule has 1 aromatic heterocycles. The van der Waals surface area contributed by atoms with E-state index in [1.54, 1.807) is 16.7 Å². The van der Waals surface area contributed by atoms with Gasteiger partial charge in [0.2, 0.25) is 0 Å². The molecule has 0 aliphatic carbocycles. The molecule has 0 radical (unpaired) electrons. The maximum absolute atomic E-state index is 10.5. The first-order chi connectivity index (χ1) is 8.04. The van der Waals surface area contributed by atoms with E-state index in [0.29, 0.717) is 6.42 Å². The smallest absolute Gasteiger partial charge is 0.265 e. The van der Waals surface area contributed by atoms with Crippen LogP contribution in [0, 0.1) is 0 Å². The van der Waals surface area contributed by atoms with E-state index in [-0.39, 0.29) is 5.75 Å². The van der Waals surface area contributed by atoms with Crippen molar-refractivity contribution in [3.63, 3.8) is 0 Å². The molecule has 0 saturated carbocycles. The molecule has 0 atom stereocenters. The molecule has 0 saturated heterocycles. The molecule has 1 heterocycles. The molecule has 17 heavy (non-hydrogen) atoms. The molecule has 0 unspecified atom stereocenters. The second-order valence-electron chi connectivity index (χ2n) is 3.35. The third-order valence-electron chi connectivity index (χ3n) is 1.99. The zero-order valence-electron chi connectivity index (χ0n) is 8.78. The third-order valence-corrected chi connectivity index (χ3v) is 4.93. The van der Waals surface area contributed by atoms with Crippen molar-refractivity contribution in [1.29, 1.82) is 0 Å². The molecule has 2 aromatic rings. The third kappa shape index (κ3) is 3.88. The molecule has 0 amide bonds. The van der Waals surface area contributed by atoms with Crippen LogP contribution in [-0.2, 0) is 10.1 Å². The lowest BCUT2D eigenvalue weighted by molar-refractivity contribution is 0.484. The van der Waals surface area contributed by atoms with Crippen molar-refractivity contribution in [3.05, 3.63) is 24.3 Å². The summed E-state index contributed by atoms with van der Waals surface area (Å²) < 4.78 is 31.6. The van der Waals surface area contributed by atoms with Crippen LogP contribution >= 0.6 is 22.7 Å². The first-order valence-electron chi connectivity index (χ1n) is 4.88. The van der Waals surface area contributed by atoms with Gasteiger partial charge in [0, 0.05) is 0 Å². The zero-order chi connectivity index (χ0) is 12.3. The second kappa shape index (κ2) is 5.26. The zero-order valence-corrected chi connectivity index (χ0v) is 11.3. The van der Waals surface area contributed by atoms with Crippen LogP contribution in [0.2, 0.25) is 0 Å². The van der Waals surface area contributed by atoms with Gasteiger partial charge in [-0.1, -0.05) is 17.5 Å². The van der Waals surface area contributed by atoms with Gasteiger partial charge in [-0.05, 0) is 18.6 Å². The minimum absolute atomic E-state index is 0.231. The summed E-state index contributed by atoms with van der Waals surface area (Å²) in [7, 11) is -3.86. The van der Waals surface area contributed by atoms with Gasteiger partial charge in [-0.3, -0.25) is 4.55 Å². The topological polar surface area (TPSA) is 67.3 Å². The molecule has 4 nitrogen and oxygen atoms in total. The maximum atomic E-state index is 10.5. The van der Waals surface area contributed by atoms with Gasteiger partial charge in [0.25, 0.3) is 10.1 Å². The van der Waals surface area contributed by atoms with Crippen LogP contribution in [0.25, 0.3) is 10.2 Å². The first-order valence-corrected chi connectivity index (χ1v) is 8.27. The second-order valence-corrected chi connectivity index (χ2v) is 7.30. The molecule has 0 aliphatic rings. The molecular weight excluding hydrogens is 278 g/mol. The Morgan fingerprint density at radius 2 is 2.18 bits per heavy atom. The van der Waals surface area contributed by atoms with Crippen molar-refractivity contribution in [1.82, 2.24) is 4.98 Å². The monoisotopic (exact) mass is 289 g/mol. The van der Waals surface area contributed by atoms with Crippen LogP contribution in [0.3, 0.4) is 0 Å². The van der Waals surface area contributed by atoms with E-state index in [2.05, 4.69) is 4.98 Å². The molecular formula is C10H11NO3S3. The lowest BCUT2D eigenvalue weighted by atomic mass is 10.3. The number of aromatic nitrogens is 1. The predicted molar refractivity (Wildman–Crippen MR) is 74.0 cm³/mol. The van der Waals surface area contributed by atoms with Gasteiger partial charge >= 0.3 is 0 Å². The van der Waals surface area contributed by atoms with Gasteiger partial charge in [0.15, 0.2) is 0 Å². The van der Waals surface area contributed by atoms with Crippen LogP contribution in [-0.4, -0.2) is 29.1 Å². The highest BCUT2D eigenvalue weighted by atomic mass is 32.2. The minimum Gasteiger partial charge on any atom is -0.286 e. The van der Waals surface area contributed by atoms with Gasteiger partial charge in [0.05, 0.1) is 16.0 Å². The van der Waals surface area contributed by atoms with Crippen LogP contribution in [0.1, 0.15) is 6.42 Å². The molecule has 0 bridgehead atoms. The Morgan fingerprint density at radius 3 is 2.88 bits per heavy atom. The SMILES string of the molecule is O=S(=O)(O)CCC=[SH]c1nc2ccccc2s1. The Hall–Kier alpha value is -0.760. The molecule has 1 aromatic carbocycles. The quantitative estimate of drug-likeness (QED) is 0.514. The molecule has 0 spiro atoms. The summed E-state index contributed by atoms with van der Waals surface area (Å²) in [6.45, 7) is 0. The Morgan fingerprint density at radius 1 is 1.41 bits per heavy atom. The van der Waals surface area contributed by atoms with Crippen molar-refractivity contribution in [2.24, 2.45) is 0 Å². The maximum Gasteiger partial charge on any atom is 0.265 e. The summed E-state index contributed by atoms with van der Waals surface area (Å²) in [4.78, 5) is 4.41. The highest BCUT2D eigenvalue weighted by Gasteiger charge is 2.02. The lowest BCUT2D eigenvalue weighted by Crippen LogP contribution is -2.03. The van der Waals surface area contributed by atoms with Crippen molar-refractivity contribution >= 4 is 48.4 Å². The van der Waals surface area contributed by atoms with E-state index in [1.807, 2.05) is 24.3 Å². The van der Waals surface area contributed by atoms with Gasteiger partial charge in [-0.15, -0.1) is 22.7 Å². The molecule has 7 heteroatoms. The summed E-state index contributed by atoms with van der Waals surface area (Å²) in [5.74, 6) is -0.231. The van der Waals surface area contributed by atoms with E-state index in [9.17, 15) is 8.42 Å². The molecule has 2 rings (SSSR count). The van der Waals surface area contributed by atoms with Gasteiger partial charge in [0.1, 0.15) is 4.34 Å². The molecule has 0 aliphatic heterocycles. The Balaban J connectivity index is 2.06. The largest absolute Gasteiger partial charge is 0.286 e. The van der Waals surface area contributed by atoms with Crippen molar-refractivity contribution in [2.45, 2.75) is 10.8 Å². The fraction of sp³-hybridized carbons (Fsp3) is 0.200. The molecule has 92 valence electrons. The Labute approximate surface area is 107 Å². The van der Waals surface area contributed by atoms with Gasteiger partial charge in [-0.2, -0.15) is 8.42 Å². The van der Waals surface area contributed by atoms with Crippen LogP contribution in [0.15, 0.2) is 28.6 Å². The fourth-order valence-corrected chi connectivity index (χ4v) is 3.86. The number of thiol groups is 1. The molecule has 1 N–H and O–H groups in total. The number of nitrogens with zero attached hydrogens (tertiary/aromatic N) is 1. The number of rotatable bonds is 4. The molecule has 0 fully saturated rings. The van der Waals surface area contributed by atoms with Crippen molar-refractivity contribution in [3.8, 4) is 0 Å². The lowest BCUT2D eigenvalue weighted by Gasteiger charge is -1.89. The van der Waals surface area contributed by atoms with E-state index in [0.717, 1.165) is 25.9 Å². The van der Waals surface area contributed by atoms with Gasteiger partial charge < -0.3 is 0 Å². The first kappa shape index (κ1) is 12.7. The van der Waals surface area contributed by atoms with E-state index in [1.165, 1.54) is 0 Å². The minimum atomic E-state index is -3.86. The summed E-state index contributed by atoms with van der Waals surface area (Å²) in [5.41, 5.74) is 0.961. The Bertz CT molecular complexity index is 613. The predicted octanol–water partition coefficient (Wildman–Crippen LogP) is 2.20. The number of thiazole rings is 1. The van der Waals surface area contributed by atoms with E-state index < -0.39 is 10.1 Å². The average Bonchev–Trinajstić information content (AvgIpc) is 2.65. The van der Waals surface area contributed by atoms with Crippen molar-refractivity contribution in [2.75, 3.05) is 5.75 Å². The number of benzene rings is 1. The summed E-state index contributed by atoms with van der Waals surface area (Å²) in [6, 6.07) is 7.85. The average molecular weight is 289 g/mol. The fourth-order valence-electron chi connectivity index (χ4n) is 1.26. The van der Waals surface area contributed by atoms with Crippen LogP contribution in [0.4, 0.5) is 0 Å². The standard InChI is InChI=1S/C10H11NO3S3/c12-17(13,14)7-3-6-15-10-11-8-4-1-2-5-9(8)16-10/h1-2,4-6,15H,3,7H2,(H,12,13,14). The van der Waals surface area contributed by atoms with E-state index >= 15 is 0 Å². The number of fused-ring (bicyclic) bond motifs is 1. The number of hydrogen-bond donors (Lipinski definition) is 2. The highest BCUT2D eigenvalue weighted by molar-refractivity contribution is 7.99. The number of para-hydroxylation sites is 1. The van der Waals surface area contributed by atoms with Crippen LogP contribution in [0.5, 0.6) is 0 Å². The summed E-state index contributed by atoms with van der Waals surface area (Å²) >= 11 is 2.48. The van der Waals surface area contributed by atoms with Gasteiger partial charge in [-0.25, -0.2) is 4.98 Å². The summed E-state index contributed by atoms with van der Waals surface area (Å²) in [5, 5.41) is 1.80. The Kier molecular flexibility index (Phi) is 3.93. The highest BCUT2D eigenvalue weighted by Crippen LogP contribution is 2.25. The normalized spacial score (nSPS) is 13.0. The number of hydrogen-bond acceptors (Lipinski definition) is 4. The summed E-state index contributed by atoms with van der Waals surface area (Å²) in [6.07, 6.45) is 0.330. The van der Waals surface area contributed by atoms with Crippen molar-refractivity contribution < 1.29 is 13.0 Å². The van der Waals surface area contributed by atoms with E-state index in [4.69, 9.17) is 4.55 Å².